The van der Waals surface area contributed by atoms with Crippen molar-refractivity contribution >= 4 is 0 Å². The van der Waals surface area contributed by atoms with Gasteiger partial charge in [-0.15, -0.1) is 0 Å². The van der Waals surface area contributed by atoms with Crippen molar-refractivity contribution in [2.75, 3.05) is 0 Å². The lowest BCUT2D eigenvalue weighted by Gasteiger charge is -2.37. The fourth-order valence-electron chi connectivity index (χ4n) is 7.48. The molecule has 0 amide bonds. The second-order valence-corrected chi connectivity index (χ2v) is 10.9. The van der Waals surface area contributed by atoms with Crippen LogP contribution < -0.4 is 0 Å². The Balaban J connectivity index is 1.23. The summed E-state index contributed by atoms with van der Waals surface area (Å²) in [5, 5.41) is 0. The van der Waals surface area contributed by atoms with Crippen LogP contribution in [0, 0.1) is 0 Å². The molecule has 0 aromatic rings. The summed E-state index contributed by atoms with van der Waals surface area (Å²) in [4.78, 5) is 0. The van der Waals surface area contributed by atoms with Crippen LogP contribution in [0.2, 0.25) is 0 Å². The van der Waals surface area contributed by atoms with Crippen molar-refractivity contribution in [3.05, 3.63) is 0 Å². The Kier molecular flexibility index (Phi) is 4.41. The third-order valence-corrected chi connectivity index (χ3v) is 8.89. The van der Waals surface area contributed by atoms with Gasteiger partial charge in [-0.1, -0.05) is 19.3 Å². The Hall–Kier alpha value is -0.240. The van der Waals surface area contributed by atoms with Gasteiger partial charge in [0.05, 0.1) is 0 Å². The fourth-order valence-corrected chi connectivity index (χ4v) is 7.48. The number of hydrogen-bond acceptors (Lipinski definition) is 6. The SMILES string of the molecule is C1CCC2(CC1)O[C@H]1[C@H]3OC4(CCCCC4)O[C@@H]3[C@H]3OC4(CCCCC4)O[C@H]3[C@H]1O2. The molecule has 3 saturated heterocycles. The predicted molar refractivity (Wildman–Crippen MR) is 107 cm³/mol. The molecule has 7 aliphatic rings. The van der Waals surface area contributed by atoms with Gasteiger partial charge < -0.3 is 28.4 Å². The average molecular weight is 421 g/mol. The Morgan fingerprint density at radius 2 is 0.500 bits per heavy atom. The molecule has 6 nitrogen and oxygen atoms in total. The number of ether oxygens (including phenoxy) is 6. The van der Waals surface area contributed by atoms with Crippen LogP contribution >= 0.6 is 0 Å². The summed E-state index contributed by atoms with van der Waals surface area (Å²) in [5.74, 6) is -1.36. The van der Waals surface area contributed by atoms with Crippen LogP contribution in [-0.2, 0) is 28.4 Å². The molecule has 6 heteroatoms. The minimum absolute atomic E-state index is 0.113. The second-order valence-electron chi connectivity index (χ2n) is 10.9. The van der Waals surface area contributed by atoms with Crippen LogP contribution in [0.15, 0.2) is 0 Å². The molecule has 0 aromatic heterocycles. The third kappa shape index (κ3) is 2.83. The molecule has 0 radical (unpaired) electrons. The van der Waals surface area contributed by atoms with Gasteiger partial charge in [0.25, 0.3) is 0 Å². The van der Waals surface area contributed by atoms with Crippen molar-refractivity contribution < 1.29 is 28.4 Å². The van der Waals surface area contributed by atoms with Gasteiger partial charge in [0.1, 0.15) is 36.6 Å². The molecule has 4 aliphatic carbocycles. The van der Waals surface area contributed by atoms with E-state index < -0.39 is 17.4 Å². The normalized spacial score (nSPS) is 48.0. The van der Waals surface area contributed by atoms with Gasteiger partial charge in [-0.2, -0.15) is 0 Å². The first-order valence-electron chi connectivity index (χ1n) is 12.8. The van der Waals surface area contributed by atoms with Crippen LogP contribution in [0.3, 0.4) is 0 Å². The molecule has 30 heavy (non-hydrogen) atoms. The molecular formula is C24H36O6. The van der Waals surface area contributed by atoms with Gasteiger partial charge in [-0.25, -0.2) is 0 Å². The summed E-state index contributed by atoms with van der Waals surface area (Å²) in [7, 11) is 0. The molecule has 7 rings (SSSR count). The topological polar surface area (TPSA) is 55.4 Å². The summed E-state index contributed by atoms with van der Waals surface area (Å²) in [6.07, 6.45) is 16.0. The average Bonchev–Trinajstić information content (AvgIpc) is 3.43. The molecule has 0 unspecified atom stereocenters. The third-order valence-electron chi connectivity index (χ3n) is 8.89. The highest BCUT2D eigenvalue weighted by molar-refractivity contribution is 5.13. The van der Waals surface area contributed by atoms with Gasteiger partial charge in [0.2, 0.25) is 0 Å². The summed E-state index contributed by atoms with van der Waals surface area (Å²) in [6, 6.07) is 0. The molecule has 7 fully saturated rings. The van der Waals surface area contributed by atoms with E-state index in [0.717, 1.165) is 38.5 Å². The van der Waals surface area contributed by atoms with Crippen molar-refractivity contribution in [1.82, 2.24) is 0 Å². The highest BCUT2D eigenvalue weighted by atomic mass is 16.8. The molecule has 0 aromatic carbocycles. The highest BCUT2D eigenvalue weighted by Crippen LogP contribution is 2.56. The molecule has 3 spiro atoms. The standard InChI is InChI=1S/C24H36O6/c1-4-10-22(11-5-1)25-16-17(26-22)19-21(30-24(28-19)14-8-3-9-15-24)20-18(16)27-23(29-20)12-6-2-7-13-23/h16-21H,1-15H2/t16-,17-,18-,19+,20-,21+/m0/s1. The Bertz CT molecular complexity index is 524. The first-order valence-corrected chi connectivity index (χ1v) is 12.8. The molecular weight excluding hydrogens is 384 g/mol. The maximum absolute atomic E-state index is 6.76. The van der Waals surface area contributed by atoms with Crippen LogP contribution in [-0.4, -0.2) is 54.0 Å². The Morgan fingerprint density at radius 3 is 0.700 bits per heavy atom. The minimum atomic E-state index is -0.454. The Labute approximate surface area is 179 Å². The summed E-state index contributed by atoms with van der Waals surface area (Å²) in [6.45, 7) is 0. The van der Waals surface area contributed by atoms with Gasteiger partial charge in [-0.05, 0) is 38.5 Å². The smallest absolute Gasteiger partial charge is 0.169 e. The maximum Gasteiger partial charge on any atom is 0.169 e. The molecule has 0 bridgehead atoms. The highest BCUT2D eigenvalue weighted by Gasteiger charge is 2.70. The van der Waals surface area contributed by atoms with E-state index in [0.29, 0.717) is 0 Å². The van der Waals surface area contributed by atoms with Crippen molar-refractivity contribution in [1.29, 1.82) is 0 Å². The lowest BCUT2D eigenvalue weighted by molar-refractivity contribution is -0.221. The number of hydrogen-bond donors (Lipinski definition) is 0. The first kappa shape index (κ1) is 19.2. The van der Waals surface area contributed by atoms with Gasteiger partial charge in [0, 0.05) is 38.5 Å². The lowest BCUT2D eigenvalue weighted by atomic mass is 9.85. The zero-order chi connectivity index (χ0) is 19.8. The predicted octanol–water partition coefficient (Wildman–Crippen LogP) is 4.33. The summed E-state index contributed by atoms with van der Waals surface area (Å²) >= 11 is 0. The van der Waals surface area contributed by atoms with E-state index in [1.165, 1.54) is 57.8 Å². The largest absolute Gasteiger partial charge is 0.341 e. The van der Waals surface area contributed by atoms with Crippen LogP contribution in [0.25, 0.3) is 0 Å². The molecule has 4 saturated carbocycles. The van der Waals surface area contributed by atoms with E-state index in [2.05, 4.69) is 0 Å². The van der Waals surface area contributed by atoms with Crippen molar-refractivity contribution in [3.63, 3.8) is 0 Å². The zero-order valence-electron chi connectivity index (χ0n) is 18.0. The second kappa shape index (κ2) is 6.88. The fraction of sp³-hybridized carbons (Fsp3) is 1.00. The van der Waals surface area contributed by atoms with Crippen LogP contribution in [0.1, 0.15) is 96.3 Å². The summed E-state index contributed by atoms with van der Waals surface area (Å²) < 4.78 is 40.6. The zero-order valence-corrected chi connectivity index (χ0v) is 18.0. The lowest BCUT2D eigenvalue weighted by Crippen LogP contribution is -2.60. The summed E-state index contributed by atoms with van der Waals surface area (Å²) in [5.41, 5.74) is 0. The van der Waals surface area contributed by atoms with E-state index in [4.69, 9.17) is 28.4 Å². The van der Waals surface area contributed by atoms with E-state index in [9.17, 15) is 0 Å². The van der Waals surface area contributed by atoms with E-state index in [-0.39, 0.29) is 36.6 Å². The Morgan fingerprint density at radius 1 is 0.300 bits per heavy atom. The number of fused-ring (bicyclic) bond motifs is 6. The molecule has 3 heterocycles. The van der Waals surface area contributed by atoms with E-state index in [1.807, 2.05) is 0 Å². The van der Waals surface area contributed by atoms with Crippen LogP contribution in [0.4, 0.5) is 0 Å². The number of rotatable bonds is 0. The van der Waals surface area contributed by atoms with Crippen molar-refractivity contribution in [3.8, 4) is 0 Å². The van der Waals surface area contributed by atoms with Crippen molar-refractivity contribution in [2.24, 2.45) is 0 Å². The minimum Gasteiger partial charge on any atom is -0.341 e. The van der Waals surface area contributed by atoms with Crippen LogP contribution in [0.5, 0.6) is 0 Å². The monoisotopic (exact) mass is 420 g/mol. The van der Waals surface area contributed by atoms with Gasteiger partial charge >= 0.3 is 0 Å². The van der Waals surface area contributed by atoms with Gasteiger partial charge in [0.15, 0.2) is 17.4 Å². The quantitative estimate of drug-likeness (QED) is 0.581. The molecule has 168 valence electrons. The van der Waals surface area contributed by atoms with E-state index >= 15 is 0 Å². The van der Waals surface area contributed by atoms with Crippen molar-refractivity contribution in [2.45, 2.75) is 150 Å². The van der Waals surface area contributed by atoms with E-state index in [1.54, 1.807) is 0 Å². The molecule has 0 atom stereocenters. The first-order chi connectivity index (χ1) is 14.7. The molecule has 3 aliphatic heterocycles. The maximum atomic E-state index is 6.76. The molecule has 0 N–H and O–H groups in total. The van der Waals surface area contributed by atoms with Gasteiger partial charge in [-0.3, -0.25) is 0 Å².